The Hall–Kier alpha value is -4.91. The Kier molecular flexibility index (Phi) is 9.33. The molecule has 0 aliphatic carbocycles. The van der Waals surface area contributed by atoms with Crippen LogP contribution in [0.5, 0.6) is 5.75 Å². The molecule has 0 fully saturated rings. The lowest BCUT2D eigenvalue weighted by Crippen LogP contribution is -2.48. The van der Waals surface area contributed by atoms with E-state index in [1.807, 2.05) is 0 Å². The first-order valence-corrected chi connectivity index (χ1v) is 15.5. The second kappa shape index (κ2) is 13.2. The van der Waals surface area contributed by atoms with Gasteiger partial charge in [0.2, 0.25) is 5.91 Å². The summed E-state index contributed by atoms with van der Waals surface area (Å²) >= 11 is 0. The topological polar surface area (TPSA) is 102 Å². The van der Waals surface area contributed by atoms with Crippen molar-refractivity contribution in [2.75, 3.05) is 24.6 Å². The molecule has 1 amide bonds. The highest BCUT2D eigenvalue weighted by molar-refractivity contribution is 7.93. The Morgan fingerprint density at radius 2 is 1.70 bits per heavy atom. The monoisotopic (exact) mass is 656 g/mol. The predicted molar refractivity (Wildman–Crippen MR) is 161 cm³/mol. The van der Waals surface area contributed by atoms with Crippen LogP contribution in [0.15, 0.2) is 95.9 Å². The highest BCUT2D eigenvalue weighted by Gasteiger charge is 2.42. The highest BCUT2D eigenvalue weighted by Crippen LogP contribution is 2.38. The van der Waals surface area contributed by atoms with Gasteiger partial charge in [-0.05, 0) is 59.2 Å². The van der Waals surface area contributed by atoms with Crippen LogP contribution in [0, 0.1) is 5.82 Å². The number of halogens is 4. The maximum atomic E-state index is 15.3. The minimum atomic E-state index is -4.64. The first-order chi connectivity index (χ1) is 21.9. The molecule has 5 rings (SSSR count). The van der Waals surface area contributed by atoms with Gasteiger partial charge in [-0.2, -0.15) is 13.2 Å². The molecule has 1 N–H and O–H groups in total. The number of hydrogen-bond acceptors (Lipinski definition) is 6. The van der Waals surface area contributed by atoms with E-state index >= 15 is 4.39 Å². The summed E-state index contributed by atoms with van der Waals surface area (Å²) in [6.07, 6.45) is -4.46. The maximum Gasteiger partial charge on any atom is 0.416 e. The number of fused-ring (bicyclic) bond motifs is 1. The molecule has 0 radical (unpaired) electrons. The van der Waals surface area contributed by atoms with E-state index in [2.05, 4.69) is 10.1 Å². The minimum Gasteiger partial charge on any atom is -0.492 e. The van der Waals surface area contributed by atoms with Crippen molar-refractivity contribution in [1.29, 1.82) is 0 Å². The number of amides is 1. The first kappa shape index (κ1) is 32.5. The molecular formula is C33H28F4N2O6S. The van der Waals surface area contributed by atoms with Crippen LogP contribution >= 0.6 is 0 Å². The van der Waals surface area contributed by atoms with Gasteiger partial charge in [-0.25, -0.2) is 12.8 Å². The normalized spacial score (nSPS) is 14.5. The second-order valence-electron chi connectivity index (χ2n) is 10.4. The van der Waals surface area contributed by atoms with Crippen molar-refractivity contribution in [3.63, 3.8) is 0 Å². The molecular weight excluding hydrogens is 628 g/mol. The van der Waals surface area contributed by atoms with Crippen LogP contribution in [-0.2, 0) is 43.4 Å². The van der Waals surface area contributed by atoms with E-state index in [4.69, 9.17) is 4.74 Å². The standard InChI is InChI=1S/C33H28F4N2O6S/c1-44-31(40)17-21-9-11-25(12-10-21)45-16-15-38-32(41)30-19-23-5-2-3-8-29(23)39(30)46(42,43)26-13-14-27(28(34)20-26)22-6-4-7-24(18-22)33(35,36)37/h2-14,18,20,30H,15-17,19H2,1H3,(H,38,41)/t30-/m0/s1. The van der Waals surface area contributed by atoms with Crippen LogP contribution < -0.4 is 14.4 Å². The molecule has 0 saturated carbocycles. The van der Waals surface area contributed by atoms with Crippen molar-refractivity contribution in [1.82, 2.24) is 5.32 Å². The van der Waals surface area contributed by atoms with E-state index in [1.165, 1.54) is 13.2 Å². The summed E-state index contributed by atoms with van der Waals surface area (Å²) in [6, 6.07) is 19.1. The van der Waals surface area contributed by atoms with Gasteiger partial charge in [0, 0.05) is 12.0 Å². The van der Waals surface area contributed by atoms with Crippen molar-refractivity contribution in [3.8, 4) is 16.9 Å². The summed E-state index contributed by atoms with van der Waals surface area (Å²) in [7, 11) is -3.20. The second-order valence-corrected chi connectivity index (χ2v) is 12.2. The van der Waals surface area contributed by atoms with Crippen LogP contribution in [0.4, 0.5) is 23.2 Å². The van der Waals surface area contributed by atoms with Crippen LogP contribution in [0.25, 0.3) is 11.1 Å². The summed E-state index contributed by atoms with van der Waals surface area (Å²) in [5.74, 6) is -1.52. The summed E-state index contributed by atoms with van der Waals surface area (Å²) in [4.78, 5) is 24.3. The van der Waals surface area contributed by atoms with Gasteiger partial charge in [-0.3, -0.25) is 13.9 Å². The van der Waals surface area contributed by atoms with Gasteiger partial charge >= 0.3 is 12.1 Å². The van der Waals surface area contributed by atoms with Crippen molar-refractivity contribution < 1.29 is 45.0 Å². The quantitative estimate of drug-likeness (QED) is 0.137. The first-order valence-electron chi connectivity index (χ1n) is 14.0. The van der Waals surface area contributed by atoms with Gasteiger partial charge in [0.25, 0.3) is 10.0 Å². The molecule has 1 aliphatic heterocycles. The zero-order valence-corrected chi connectivity index (χ0v) is 25.2. The molecule has 1 aliphatic rings. The number of anilines is 1. The average Bonchev–Trinajstić information content (AvgIpc) is 3.44. The zero-order chi connectivity index (χ0) is 33.1. The molecule has 4 aromatic carbocycles. The third-order valence-electron chi connectivity index (χ3n) is 7.40. The third-order valence-corrected chi connectivity index (χ3v) is 9.21. The van der Waals surface area contributed by atoms with Crippen LogP contribution in [0.2, 0.25) is 0 Å². The number of carbonyl (C=O) groups excluding carboxylic acids is 2. The number of methoxy groups -OCH3 is 1. The van der Waals surface area contributed by atoms with E-state index in [-0.39, 0.29) is 48.8 Å². The zero-order valence-electron chi connectivity index (χ0n) is 24.4. The lowest BCUT2D eigenvalue weighted by Gasteiger charge is -2.26. The molecule has 0 bridgehead atoms. The van der Waals surface area contributed by atoms with Gasteiger partial charge in [-0.15, -0.1) is 0 Å². The Morgan fingerprint density at radius 3 is 2.39 bits per heavy atom. The number of esters is 1. The van der Waals surface area contributed by atoms with Crippen molar-refractivity contribution >= 4 is 27.6 Å². The van der Waals surface area contributed by atoms with Gasteiger partial charge < -0.3 is 14.8 Å². The molecule has 0 spiro atoms. The molecule has 8 nitrogen and oxygen atoms in total. The van der Waals surface area contributed by atoms with Crippen LogP contribution in [0.3, 0.4) is 0 Å². The lowest BCUT2D eigenvalue weighted by atomic mass is 10.0. The molecule has 240 valence electrons. The number of alkyl halides is 3. The SMILES string of the molecule is COC(=O)Cc1ccc(OCCNC(=O)[C@@H]2Cc3ccccc3N2S(=O)(=O)c2ccc(-c3cccc(C(F)(F)F)c3)c(F)c2)cc1. The number of benzene rings is 4. The van der Waals surface area contributed by atoms with E-state index in [1.54, 1.807) is 48.5 Å². The largest absolute Gasteiger partial charge is 0.492 e. The van der Waals surface area contributed by atoms with Gasteiger partial charge in [0.05, 0.1) is 36.2 Å². The van der Waals surface area contributed by atoms with E-state index < -0.39 is 44.4 Å². The predicted octanol–water partition coefficient (Wildman–Crippen LogP) is 5.54. The molecule has 46 heavy (non-hydrogen) atoms. The lowest BCUT2D eigenvalue weighted by molar-refractivity contribution is -0.140. The fraction of sp³-hybridized carbons (Fsp3) is 0.212. The Morgan fingerprint density at radius 1 is 0.957 bits per heavy atom. The molecule has 1 heterocycles. The molecule has 0 saturated heterocycles. The Labute approximate surface area is 262 Å². The number of nitrogens with one attached hydrogen (secondary N) is 1. The highest BCUT2D eigenvalue weighted by atomic mass is 32.2. The number of hydrogen-bond donors (Lipinski definition) is 1. The molecule has 13 heteroatoms. The van der Waals surface area contributed by atoms with Crippen LogP contribution in [0.1, 0.15) is 16.7 Å². The molecule has 0 unspecified atom stereocenters. The average molecular weight is 657 g/mol. The van der Waals surface area contributed by atoms with Gasteiger partial charge in [-0.1, -0.05) is 48.5 Å². The van der Waals surface area contributed by atoms with Gasteiger partial charge in [0.1, 0.15) is 24.2 Å². The summed E-state index contributed by atoms with van der Waals surface area (Å²) in [5.41, 5.74) is 0.338. The minimum absolute atomic E-state index is 0.0454. The number of para-hydroxylation sites is 1. The van der Waals surface area contributed by atoms with Crippen LogP contribution in [-0.4, -0.2) is 46.6 Å². The summed E-state index contributed by atoms with van der Waals surface area (Å²) in [6.45, 7) is 0.112. The van der Waals surface area contributed by atoms with Crippen molar-refractivity contribution in [3.05, 3.63) is 114 Å². The number of nitrogens with zero attached hydrogens (tertiary/aromatic N) is 1. The smallest absolute Gasteiger partial charge is 0.416 e. The maximum absolute atomic E-state index is 15.3. The number of ether oxygens (including phenoxy) is 2. The molecule has 0 aromatic heterocycles. The molecule has 4 aromatic rings. The third kappa shape index (κ3) is 6.99. The van der Waals surface area contributed by atoms with Crippen molar-refractivity contribution in [2.45, 2.75) is 30.0 Å². The number of rotatable bonds is 10. The van der Waals surface area contributed by atoms with Gasteiger partial charge in [0.15, 0.2) is 0 Å². The number of sulfonamides is 1. The molecule has 1 atom stereocenters. The Bertz CT molecular complexity index is 1860. The fourth-order valence-corrected chi connectivity index (χ4v) is 6.79. The van der Waals surface area contributed by atoms with E-state index in [0.29, 0.717) is 11.3 Å². The summed E-state index contributed by atoms with van der Waals surface area (Å²) < 4.78 is 93.9. The fourth-order valence-electron chi connectivity index (χ4n) is 5.12. The Balaban J connectivity index is 1.31. The van der Waals surface area contributed by atoms with Crippen molar-refractivity contribution in [2.24, 2.45) is 0 Å². The summed E-state index contributed by atoms with van der Waals surface area (Å²) in [5, 5.41) is 2.69. The van der Waals surface area contributed by atoms with E-state index in [9.17, 15) is 31.2 Å². The number of carbonyl (C=O) groups is 2. The van der Waals surface area contributed by atoms with E-state index in [0.717, 1.165) is 46.3 Å².